The van der Waals surface area contributed by atoms with Gasteiger partial charge in [-0.05, 0) is 17.5 Å². The highest BCUT2D eigenvalue weighted by molar-refractivity contribution is 5.67. The molecule has 1 amide bonds. The third kappa shape index (κ3) is 8.35. The number of nitrogens with one attached hydrogen (secondary N) is 1. The molecule has 0 radical (unpaired) electrons. The van der Waals surface area contributed by atoms with Crippen LogP contribution in [-0.2, 0) is 27.4 Å². The molecule has 6 heteroatoms. The predicted octanol–water partition coefficient (Wildman–Crippen LogP) is 3.41. The normalized spacial score (nSPS) is 12.8. The van der Waals surface area contributed by atoms with Crippen molar-refractivity contribution in [1.82, 2.24) is 5.32 Å². The first kappa shape index (κ1) is 21.6. The van der Waals surface area contributed by atoms with Crippen LogP contribution >= 0.6 is 0 Å². The molecule has 6 nitrogen and oxygen atoms in total. The molecule has 0 aliphatic rings. The van der Waals surface area contributed by atoms with Crippen molar-refractivity contribution in [2.45, 2.75) is 31.8 Å². The lowest BCUT2D eigenvalue weighted by Crippen LogP contribution is -2.46. The molecule has 2 aromatic carbocycles. The minimum Gasteiger partial charge on any atom is -0.445 e. The van der Waals surface area contributed by atoms with Gasteiger partial charge in [0.2, 0.25) is 0 Å². The Hall–Kier alpha value is -2.67. The van der Waals surface area contributed by atoms with Crippen molar-refractivity contribution in [3.05, 3.63) is 84.4 Å². The first-order valence-corrected chi connectivity index (χ1v) is 9.14. The second kappa shape index (κ2) is 12.7. The summed E-state index contributed by atoms with van der Waals surface area (Å²) in [7, 11) is 0. The van der Waals surface area contributed by atoms with Gasteiger partial charge in [-0.25, -0.2) is 4.79 Å². The topological polar surface area (TPSA) is 77.0 Å². The molecular formula is C22H27NO5. The number of rotatable bonds is 12. The molecule has 0 unspecified atom stereocenters. The van der Waals surface area contributed by atoms with Crippen LogP contribution in [0.1, 0.15) is 17.5 Å². The molecule has 0 spiro atoms. The Bertz CT molecular complexity index is 693. The summed E-state index contributed by atoms with van der Waals surface area (Å²) in [6, 6.07) is 18.5. The van der Waals surface area contributed by atoms with E-state index < -0.39 is 18.2 Å². The quantitative estimate of drug-likeness (QED) is 0.333. The number of benzene rings is 2. The highest BCUT2D eigenvalue weighted by Gasteiger charge is 2.21. The summed E-state index contributed by atoms with van der Waals surface area (Å²) in [4.78, 5) is 12.1. The van der Waals surface area contributed by atoms with Gasteiger partial charge < -0.3 is 24.6 Å². The van der Waals surface area contributed by atoms with Crippen molar-refractivity contribution in [1.29, 1.82) is 0 Å². The molecule has 0 heterocycles. The van der Waals surface area contributed by atoms with Gasteiger partial charge in [0.1, 0.15) is 13.4 Å². The van der Waals surface area contributed by atoms with Crippen molar-refractivity contribution in [2.24, 2.45) is 0 Å². The Kier molecular flexibility index (Phi) is 9.79. The van der Waals surface area contributed by atoms with Crippen LogP contribution in [0.25, 0.3) is 0 Å². The van der Waals surface area contributed by atoms with Crippen LogP contribution in [-0.4, -0.2) is 36.7 Å². The summed E-state index contributed by atoms with van der Waals surface area (Å²) in [5.41, 5.74) is 1.92. The molecular weight excluding hydrogens is 358 g/mol. The number of aliphatic hydroxyl groups excluding tert-OH is 1. The minimum absolute atomic E-state index is 0.0486. The molecule has 0 bridgehead atoms. The van der Waals surface area contributed by atoms with Gasteiger partial charge in [0, 0.05) is 0 Å². The molecule has 0 saturated heterocycles. The van der Waals surface area contributed by atoms with E-state index in [9.17, 15) is 9.90 Å². The summed E-state index contributed by atoms with van der Waals surface area (Å²) < 4.78 is 16.1. The van der Waals surface area contributed by atoms with E-state index in [0.717, 1.165) is 11.1 Å². The van der Waals surface area contributed by atoms with E-state index in [4.69, 9.17) is 14.2 Å². The molecule has 2 rings (SSSR count). The van der Waals surface area contributed by atoms with Crippen molar-refractivity contribution < 1.29 is 24.1 Å². The largest absolute Gasteiger partial charge is 0.445 e. The van der Waals surface area contributed by atoms with Crippen molar-refractivity contribution in [3.8, 4) is 0 Å². The molecule has 0 aromatic heterocycles. The number of carbonyl (C=O) groups is 1. The number of hydrogen-bond donors (Lipinski definition) is 2. The van der Waals surface area contributed by atoms with E-state index in [1.165, 1.54) is 0 Å². The summed E-state index contributed by atoms with van der Waals surface area (Å²) in [6.45, 7) is 4.32. The van der Waals surface area contributed by atoms with Crippen LogP contribution in [0.15, 0.2) is 73.3 Å². The monoisotopic (exact) mass is 385 g/mol. The lowest BCUT2D eigenvalue weighted by atomic mass is 10.1. The zero-order chi connectivity index (χ0) is 20.0. The third-order valence-electron chi connectivity index (χ3n) is 3.96. The first-order chi connectivity index (χ1) is 13.7. The van der Waals surface area contributed by atoms with E-state index in [2.05, 4.69) is 11.9 Å². The number of ether oxygens (including phenoxy) is 3. The molecule has 2 N–H and O–H groups in total. The molecule has 0 aliphatic heterocycles. The second-order valence-corrected chi connectivity index (χ2v) is 6.23. The van der Waals surface area contributed by atoms with Crippen LogP contribution in [0.5, 0.6) is 0 Å². The maximum Gasteiger partial charge on any atom is 0.407 e. The van der Waals surface area contributed by atoms with Gasteiger partial charge in [-0.1, -0.05) is 66.7 Å². The molecule has 28 heavy (non-hydrogen) atoms. The number of carbonyl (C=O) groups excluding carboxylic acids is 1. The molecule has 2 atom stereocenters. The van der Waals surface area contributed by atoms with Crippen LogP contribution in [0, 0.1) is 0 Å². The highest BCUT2D eigenvalue weighted by Crippen LogP contribution is 2.05. The number of alkyl carbamates (subject to hydrolysis) is 1. The van der Waals surface area contributed by atoms with Gasteiger partial charge in [0.25, 0.3) is 0 Å². The van der Waals surface area contributed by atoms with E-state index >= 15 is 0 Å². The lowest BCUT2D eigenvalue weighted by molar-refractivity contribution is -0.0757. The number of hydrogen-bond acceptors (Lipinski definition) is 5. The van der Waals surface area contributed by atoms with Gasteiger partial charge in [-0.3, -0.25) is 0 Å². The molecule has 2 aromatic rings. The maximum absolute atomic E-state index is 12.1. The fraction of sp³-hybridized carbons (Fsp3) is 0.318. The van der Waals surface area contributed by atoms with Crippen LogP contribution < -0.4 is 5.32 Å². The Morgan fingerprint density at radius 2 is 1.61 bits per heavy atom. The van der Waals surface area contributed by atoms with Gasteiger partial charge in [0.05, 0.1) is 25.4 Å². The zero-order valence-electron chi connectivity index (χ0n) is 15.8. The average molecular weight is 385 g/mol. The molecule has 0 fully saturated rings. The molecule has 150 valence electrons. The van der Waals surface area contributed by atoms with E-state index in [0.29, 0.717) is 13.0 Å². The van der Waals surface area contributed by atoms with Gasteiger partial charge in [-0.15, -0.1) is 6.58 Å². The Balaban J connectivity index is 1.73. The van der Waals surface area contributed by atoms with E-state index in [1.54, 1.807) is 6.08 Å². The second-order valence-electron chi connectivity index (χ2n) is 6.23. The van der Waals surface area contributed by atoms with Crippen LogP contribution in [0.2, 0.25) is 0 Å². The third-order valence-corrected chi connectivity index (χ3v) is 3.96. The smallest absolute Gasteiger partial charge is 0.407 e. The predicted molar refractivity (Wildman–Crippen MR) is 106 cm³/mol. The SMILES string of the molecule is C=CC[C@H](O)[C@H](COCOCc1ccccc1)NC(=O)OCc1ccccc1. The van der Waals surface area contributed by atoms with Gasteiger partial charge in [0.15, 0.2) is 0 Å². The summed E-state index contributed by atoms with van der Waals surface area (Å²) >= 11 is 0. The van der Waals surface area contributed by atoms with Crippen molar-refractivity contribution in [2.75, 3.05) is 13.4 Å². The van der Waals surface area contributed by atoms with Crippen molar-refractivity contribution >= 4 is 6.09 Å². The average Bonchev–Trinajstić information content (AvgIpc) is 2.73. The summed E-state index contributed by atoms with van der Waals surface area (Å²) in [6.07, 6.45) is 0.444. The molecule has 0 saturated carbocycles. The molecule has 0 aliphatic carbocycles. The van der Waals surface area contributed by atoms with E-state index in [-0.39, 0.29) is 20.0 Å². The minimum atomic E-state index is -0.837. The van der Waals surface area contributed by atoms with Gasteiger partial charge >= 0.3 is 6.09 Å². The first-order valence-electron chi connectivity index (χ1n) is 9.14. The zero-order valence-corrected chi connectivity index (χ0v) is 15.8. The lowest BCUT2D eigenvalue weighted by Gasteiger charge is -2.23. The fourth-order valence-corrected chi connectivity index (χ4v) is 2.47. The summed E-state index contributed by atoms with van der Waals surface area (Å²) in [5, 5.41) is 12.9. The highest BCUT2D eigenvalue weighted by atomic mass is 16.7. The van der Waals surface area contributed by atoms with Gasteiger partial charge in [-0.2, -0.15) is 0 Å². The van der Waals surface area contributed by atoms with Crippen LogP contribution in [0.3, 0.4) is 0 Å². The van der Waals surface area contributed by atoms with Crippen LogP contribution in [0.4, 0.5) is 4.79 Å². The standard InChI is InChI=1S/C22H27NO5/c1-2-9-21(24)20(16-27-17-26-14-18-10-5-3-6-11-18)23-22(25)28-15-19-12-7-4-8-13-19/h2-8,10-13,20-21,24H,1,9,14-17H2,(H,23,25)/t20-,21-/m0/s1. The fourth-order valence-electron chi connectivity index (χ4n) is 2.47. The Morgan fingerprint density at radius 1 is 1.00 bits per heavy atom. The summed E-state index contributed by atoms with van der Waals surface area (Å²) in [5.74, 6) is 0. The van der Waals surface area contributed by atoms with Crippen molar-refractivity contribution in [3.63, 3.8) is 0 Å². The maximum atomic E-state index is 12.1. The van der Waals surface area contributed by atoms with E-state index in [1.807, 2.05) is 60.7 Å². The number of amides is 1. The Morgan fingerprint density at radius 3 is 2.21 bits per heavy atom. The number of aliphatic hydroxyl groups is 1. The Labute approximate surface area is 165 Å².